The summed E-state index contributed by atoms with van der Waals surface area (Å²) in [5.74, 6) is 1.64. The lowest BCUT2D eigenvalue weighted by atomic mass is 10.4. The molecule has 0 saturated heterocycles. The third-order valence-electron chi connectivity index (χ3n) is 2.61. The Kier molecular flexibility index (Phi) is 4.21. The number of hydrogen-bond donors (Lipinski definition) is 2. The Morgan fingerprint density at radius 1 is 1.40 bits per heavy atom. The van der Waals surface area contributed by atoms with Gasteiger partial charge in [-0.05, 0) is 13.8 Å². The van der Waals surface area contributed by atoms with Crippen LogP contribution in [0.5, 0.6) is 0 Å². The molecule has 3 N–H and O–H groups in total. The van der Waals surface area contributed by atoms with Gasteiger partial charge < -0.3 is 14.7 Å². The summed E-state index contributed by atoms with van der Waals surface area (Å²) >= 11 is 0. The first kappa shape index (κ1) is 14.7. The van der Waals surface area contributed by atoms with Crippen molar-refractivity contribution in [3.8, 4) is 0 Å². The topological polar surface area (TPSA) is 124 Å². The fourth-order valence-corrected chi connectivity index (χ4v) is 2.94. The average molecular weight is 300 g/mol. The molecule has 2 heterocycles. The number of hydrogen-bond acceptors (Lipinski definition) is 7. The van der Waals surface area contributed by atoms with E-state index in [9.17, 15) is 8.42 Å². The molecule has 0 bridgehead atoms. The lowest BCUT2D eigenvalue weighted by molar-refractivity contribution is 0.375. The van der Waals surface area contributed by atoms with E-state index >= 15 is 0 Å². The predicted octanol–water partition coefficient (Wildman–Crippen LogP) is 0.259. The fraction of sp³-hybridized carbons (Fsp3) is 0.455. The zero-order valence-corrected chi connectivity index (χ0v) is 12.0. The van der Waals surface area contributed by atoms with E-state index in [1.165, 1.54) is 6.07 Å². The van der Waals surface area contributed by atoms with Gasteiger partial charge in [0.25, 0.3) is 0 Å². The molecule has 2 aromatic heterocycles. The van der Waals surface area contributed by atoms with E-state index in [1.807, 2.05) is 0 Å². The van der Waals surface area contributed by atoms with Crippen molar-refractivity contribution in [2.24, 2.45) is 5.73 Å². The summed E-state index contributed by atoms with van der Waals surface area (Å²) in [6.07, 6.45) is 0.320. The monoisotopic (exact) mass is 300 g/mol. The minimum atomic E-state index is -3.63. The zero-order valence-electron chi connectivity index (χ0n) is 11.2. The Morgan fingerprint density at radius 3 is 2.70 bits per heavy atom. The molecule has 9 heteroatoms. The number of furan rings is 1. The van der Waals surface area contributed by atoms with Gasteiger partial charge in [0.2, 0.25) is 15.9 Å². The lowest BCUT2D eigenvalue weighted by Crippen LogP contribution is -2.26. The van der Waals surface area contributed by atoms with Crippen LogP contribution in [0.4, 0.5) is 0 Å². The summed E-state index contributed by atoms with van der Waals surface area (Å²) in [5.41, 5.74) is 5.42. The Morgan fingerprint density at radius 2 is 2.15 bits per heavy atom. The molecule has 2 aromatic rings. The summed E-state index contributed by atoms with van der Waals surface area (Å²) in [7, 11) is -3.63. The van der Waals surface area contributed by atoms with Crippen molar-refractivity contribution in [1.82, 2.24) is 14.9 Å². The van der Waals surface area contributed by atoms with Crippen molar-refractivity contribution in [3.63, 3.8) is 0 Å². The zero-order chi connectivity index (χ0) is 14.8. The third-order valence-corrected chi connectivity index (χ3v) is 4.18. The van der Waals surface area contributed by atoms with Crippen LogP contribution in [0.15, 0.2) is 19.9 Å². The van der Waals surface area contributed by atoms with E-state index < -0.39 is 10.0 Å². The highest BCUT2D eigenvalue weighted by molar-refractivity contribution is 7.89. The Bertz CT molecular complexity index is 689. The summed E-state index contributed by atoms with van der Waals surface area (Å²) in [6, 6.07) is 1.43. The van der Waals surface area contributed by atoms with E-state index in [0.29, 0.717) is 29.7 Å². The number of aryl methyl sites for hydroxylation is 2. The SMILES string of the molecule is Cc1noc(CCNS(=O)(=O)c2cc(CN)oc2C)n1. The second-order valence-electron chi connectivity index (χ2n) is 4.22. The molecule has 0 unspecified atom stereocenters. The van der Waals surface area contributed by atoms with Gasteiger partial charge in [0.15, 0.2) is 5.82 Å². The van der Waals surface area contributed by atoms with E-state index in [4.69, 9.17) is 14.7 Å². The maximum Gasteiger partial charge on any atom is 0.244 e. The van der Waals surface area contributed by atoms with Crippen LogP contribution in [-0.4, -0.2) is 25.1 Å². The number of nitrogens with two attached hydrogens (primary N) is 1. The Labute approximate surface area is 116 Å². The molecule has 20 heavy (non-hydrogen) atoms. The molecule has 2 rings (SSSR count). The Balaban J connectivity index is 2.01. The number of rotatable bonds is 6. The third kappa shape index (κ3) is 3.24. The molecular weight excluding hydrogens is 284 g/mol. The molecule has 0 aliphatic heterocycles. The number of sulfonamides is 1. The number of aromatic nitrogens is 2. The second kappa shape index (κ2) is 5.73. The fourth-order valence-electron chi connectivity index (χ4n) is 1.70. The molecule has 0 radical (unpaired) electrons. The van der Waals surface area contributed by atoms with Crippen molar-refractivity contribution in [1.29, 1.82) is 0 Å². The van der Waals surface area contributed by atoms with E-state index in [1.54, 1.807) is 13.8 Å². The number of nitrogens with one attached hydrogen (secondary N) is 1. The Hall–Kier alpha value is -1.71. The van der Waals surface area contributed by atoms with Crippen molar-refractivity contribution < 1.29 is 17.4 Å². The summed E-state index contributed by atoms with van der Waals surface area (Å²) in [4.78, 5) is 4.09. The summed E-state index contributed by atoms with van der Waals surface area (Å²) < 4.78 is 36.8. The van der Waals surface area contributed by atoms with Crippen LogP contribution < -0.4 is 10.5 Å². The van der Waals surface area contributed by atoms with Crippen LogP contribution in [0.25, 0.3) is 0 Å². The largest absolute Gasteiger partial charge is 0.464 e. The number of nitrogens with zero attached hydrogens (tertiary/aromatic N) is 2. The normalized spacial score (nSPS) is 11.9. The van der Waals surface area contributed by atoms with Crippen LogP contribution >= 0.6 is 0 Å². The van der Waals surface area contributed by atoms with E-state index in [2.05, 4.69) is 14.9 Å². The molecule has 8 nitrogen and oxygen atoms in total. The van der Waals surface area contributed by atoms with Gasteiger partial charge in [0.05, 0.1) is 6.54 Å². The van der Waals surface area contributed by atoms with Gasteiger partial charge in [-0.1, -0.05) is 5.16 Å². The lowest BCUT2D eigenvalue weighted by Gasteiger charge is -2.03. The average Bonchev–Trinajstić information content (AvgIpc) is 2.95. The van der Waals surface area contributed by atoms with Gasteiger partial charge in [-0.2, -0.15) is 4.98 Å². The van der Waals surface area contributed by atoms with Crippen molar-refractivity contribution in [2.45, 2.75) is 31.7 Å². The highest BCUT2D eigenvalue weighted by Gasteiger charge is 2.20. The molecule has 0 spiro atoms. The molecule has 0 aliphatic carbocycles. The maximum atomic E-state index is 12.1. The standard InChI is InChI=1S/C11H16N4O4S/c1-7-10(5-9(6-12)18-7)20(16,17)13-4-3-11-14-8(2)15-19-11/h5,13H,3-4,6,12H2,1-2H3. The maximum absolute atomic E-state index is 12.1. The quantitative estimate of drug-likeness (QED) is 0.783. The smallest absolute Gasteiger partial charge is 0.244 e. The second-order valence-corrected chi connectivity index (χ2v) is 5.96. The van der Waals surface area contributed by atoms with E-state index in [0.717, 1.165) is 0 Å². The van der Waals surface area contributed by atoms with Crippen LogP contribution in [0.3, 0.4) is 0 Å². The van der Waals surface area contributed by atoms with Crippen LogP contribution in [0.2, 0.25) is 0 Å². The van der Waals surface area contributed by atoms with Gasteiger partial charge in [-0.25, -0.2) is 13.1 Å². The molecule has 0 amide bonds. The first-order valence-corrected chi connectivity index (χ1v) is 7.49. The van der Waals surface area contributed by atoms with Gasteiger partial charge in [0.1, 0.15) is 16.4 Å². The minimum Gasteiger partial charge on any atom is -0.464 e. The molecule has 0 aromatic carbocycles. The molecule has 0 saturated carbocycles. The molecule has 0 fully saturated rings. The van der Waals surface area contributed by atoms with Gasteiger partial charge in [0, 0.05) is 19.0 Å². The van der Waals surface area contributed by atoms with Gasteiger partial charge in [-0.3, -0.25) is 0 Å². The van der Waals surface area contributed by atoms with Crippen LogP contribution in [0.1, 0.15) is 23.2 Å². The van der Waals surface area contributed by atoms with Crippen molar-refractivity contribution in [3.05, 3.63) is 29.3 Å². The van der Waals surface area contributed by atoms with Gasteiger partial charge in [-0.15, -0.1) is 0 Å². The van der Waals surface area contributed by atoms with Gasteiger partial charge >= 0.3 is 0 Å². The van der Waals surface area contributed by atoms with Crippen molar-refractivity contribution in [2.75, 3.05) is 6.54 Å². The van der Waals surface area contributed by atoms with Crippen LogP contribution in [-0.2, 0) is 23.0 Å². The first-order chi connectivity index (χ1) is 9.42. The summed E-state index contributed by atoms with van der Waals surface area (Å²) in [6.45, 7) is 3.58. The summed E-state index contributed by atoms with van der Waals surface area (Å²) in [5, 5.41) is 3.63. The molecule has 110 valence electrons. The highest BCUT2D eigenvalue weighted by Crippen LogP contribution is 2.19. The molecule has 0 atom stereocenters. The van der Waals surface area contributed by atoms with E-state index in [-0.39, 0.29) is 18.0 Å². The first-order valence-electron chi connectivity index (χ1n) is 6.00. The predicted molar refractivity (Wildman–Crippen MR) is 69.3 cm³/mol. The molecule has 0 aliphatic rings. The molecular formula is C11H16N4O4S. The highest BCUT2D eigenvalue weighted by atomic mass is 32.2. The minimum absolute atomic E-state index is 0.0969. The van der Waals surface area contributed by atoms with Crippen LogP contribution in [0, 0.1) is 13.8 Å². The van der Waals surface area contributed by atoms with Crippen molar-refractivity contribution >= 4 is 10.0 Å².